The predicted octanol–water partition coefficient (Wildman–Crippen LogP) is 4.49. The van der Waals surface area contributed by atoms with Crippen molar-refractivity contribution in [2.24, 2.45) is 11.3 Å². The van der Waals surface area contributed by atoms with Crippen LogP contribution in [0.25, 0.3) is 0 Å². The van der Waals surface area contributed by atoms with E-state index in [2.05, 4.69) is 26.1 Å². The van der Waals surface area contributed by atoms with E-state index in [4.69, 9.17) is 9.47 Å². The van der Waals surface area contributed by atoms with E-state index >= 15 is 0 Å². The summed E-state index contributed by atoms with van der Waals surface area (Å²) in [5.74, 6) is 1.33. The van der Waals surface area contributed by atoms with Crippen LogP contribution in [0.15, 0.2) is 18.2 Å². The highest BCUT2D eigenvalue weighted by atomic mass is 16.5. The Morgan fingerprint density at radius 3 is 2.52 bits per heavy atom. The first-order valence-electron chi connectivity index (χ1n) is 9.49. The third-order valence-electron chi connectivity index (χ3n) is 5.86. The van der Waals surface area contributed by atoms with Crippen molar-refractivity contribution in [3.8, 4) is 5.75 Å². The highest BCUT2D eigenvalue weighted by molar-refractivity contribution is 5.90. The standard InChI is InChI=1S/C21H31NO3/c1-21(2,3)15-6-8-16(9-7-15)22-18-11-12-25-19-13-14(20(23)24-4)5-10-17(18)19/h5,10,13,15-16,18,22H,6-9,11-12H2,1-4H3/t15-,16-,18?. The summed E-state index contributed by atoms with van der Waals surface area (Å²) in [7, 11) is 1.40. The molecule has 4 heteroatoms. The summed E-state index contributed by atoms with van der Waals surface area (Å²) >= 11 is 0. The number of benzene rings is 1. The SMILES string of the molecule is COC(=O)c1ccc2c(c1)OCCC2N[C@H]1CC[C@H](C(C)(C)C)CC1. The van der Waals surface area contributed by atoms with Crippen molar-refractivity contribution in [3.05, 3.63) is 29.3 Å². The summed E-state index contributed by atoms with van der Waals surface area (Å²) < 4.78 is 10.6. The minimum atomic E-state index is -0.318. The minimum absolute atomic E-state index is 0.312. The van der Waals surface area contributed by atoms with Gasteiger partial charge in [-0.05, 0) is 49.1 Å². The normalized spacial score (nSPS) is 26.5. The van der Waals surface area contributed by atoms with Crippen molar-refractivity contribution in [1.82, 2.24) is 5.32 Å². The second kappa shape index (κ2) is 7.36. The molecule has 1 unspecified atom stereocenters. The van der Waals surface area contributed by atoms with Crippen LogP contribution < -0.4 is 10.1 Å². The average Bonchev–Trinajstić information content (AvgIpc) is 2.60. The largest absolute Gasteiger partial charge is 0.493 e. The number of esters is 1. The molecule has 138 valence electrons. The molecule has 4 nitrogen and oxygen atoms in total. The number of carbonyl (C=O) groups is 1. The Morgan fingerprint density at radius 1 is 1.16 bits per heavy atom. The maximum absolute atomic E-state index is 11.7. The predicted molar refractivity (Wildman–Crippen MR) is 99.0 cm³/mol. The molecule has 0 amide bonds. The highest BCUT2D eigenvalue weighted by Crippen LogP contribution is 2.39. The van der Waals surface area contributed by atoms with Crippen LogP contribution in [0.1, 0.15) is 74.8 Å². The van der Waals surface area contributed by atoms with E-state index in [1.807, 2.05) is 18.2 Å². The molecule has 3 rings (SSSR count). The molecule has 0 saturated heterocycles. The molecule has 1 aliphatic carbocycles. The number of methoxy groups -OCH3 is 1. The lowest BCUT2D eigenvalue weighted by Gasteiger charge is -2.39. The molecule has 1 aromatic rings. The minimum Gasteiger partial charge on any atom is -0.493 e. The van der Waals surface area contributed by atoms with Gasteiger partial charge in [-0.2, -0.15) is 0 Å². The van der Waals surface area contributed by atoms with Gasteiger partial charge in [0.15, 0.2) is 0 Å². The van der Waals surface area contributed by atoms with Crippen LogP contribution in [0.4, 0.5) is 0 Å². The van der Waals surface area contributed by atoms with Gasteiger partial charge in [-0.15, -0.1) is 0 Å². The van der Waals surface area contributed by atoms with Crippen LogP contribution in [0.3, 0.4) is 0 Å². The van der Waals surface area contributed by atoms with Crippen molar-refractivity contribution < 1.29 is 14.3 Å². The fraction of sp³-hybridized carbons (Fsp3) is 0.667. The summed E-state index contributed by atoms with van der Waals surface area (Å²) in [5.41, 5.74) is 2.13. The third-order valence-corrected chi connectivity index (χ3v) is 5.86. The summed E-state index contributed by atoms with van der Waals surface area (Å²) in [6.45, 7) is 7.77. The first-order valence-corrected chi connectivity index (χ1v) is 9.49. The van der Waals surface area contributed by atoms with Crippen molar-refractivity contribution in [1.29, 1.82) is 0 Å². The monoisotopic (exact) mass is 345 g/mol. The molecule has 1 saturated carbocycles. The van der Waals surface area contributed by atoms with E-state index in [1.165, 1.54) is 32.8 Å². The molecule has 1 fully saturated rings. The molecule has 1 aliphatic heterocycles. The molecule has 0 aromatic heterocycles. The summed E-state index contributed by atoms with van der Waals surface area (Å²) in [4.78, 5) is 11.7. The van der Waals surface area contributed by atoms with E-state index in [9.17, 15) is 4.79 Å². The Kier molecular flexibility index (Phi) is 5.38. The lowest BCUT2D eigenvalue weighted by atomic mass is 9.71. The van der Waals surface area contributed by atoms with Crippen molar-refractivity contribution >= 4 is 5.97 Å². The van der Waals surface area contributed by atoms with Gasteiger partial charge in [0.05, 0.1) is 19.3 Å². The number of hydrogen-bond donors (Lipinski definition) is 1. The van der Waals surface area contributed by atoms with Gasteiger partial charge in [0, 0.05) is 24.1 Å². The highest BCUT2D eigenvalue weighted by Gasteiger charge is 2.31. The van der Waals surface area contributed by atoms with Crippen molar-refractivity contribution in [2.75, 3.05) is 13.7 Å². The van der Waals surface area contributed by atoms with Gasteiger partial charge in [-0.1, -0.05) is 26.8 Å². The molecule has 1 N–H and O–H groups in total. The lowest BCUT2D eigenvalue weighted by Crippen LogP contribution is -2.39. The molecule has 25 heavy (non-hydrogen) atoms. The van der Waals surface area contributed by atoms with Crippen molar-refractivity contribution in [3.63, 3.8) is 0 Å². The Bertz CT molecular complexity index is 612. The van der Waals surface area contributed by atoms with Gasteiger partial charge >= 0.3 is 5.97 Å². The van der Waals surface area contributed by atoms with E-state index < -0.39 is 0 Å². The molecule has 1 aromatic carbocycles. The first kappa shape index (κ1) is 18.2. The number of rotatable bonds is 3. The Labute approximate surface area is 151 Å². The number of fused-ring (bicyclic) bond motifs is 1. The van der Waals surface area contributed by atoms with Crippen LogP contribution in [0.2, 0.25) is 0 Å². The summed E-state index contributed by atoms with van der Waals surface area (Å²) in [6.07, 6.45) is 6.07. The molecule has 1 heterocycles. The van der Waals surface area contributed by atoms with E-state index in [0.717, 1.165) is 23.7 Å². The lowest BCUT2D eigenvalue weighted by molar-refractivity contribution is 0.0600. The number of hydrogen-bond acceptors (Lipinski definition) is 4. The van der Waals surface area contributed by atoms with Crippen LogP contribution in [0.5, 0.6) is 5.75 Å². The number of nitrogens with one attached hydrogen (secondary N) is 1. The summed E-state index contributed by atoms with van der Waals surface area (Å²) in [6, 6.07) is 6.55. The first-order chi connectivity index (χ1) is 11.9. The zero-order valence-electron chi connectivity index (χ0n) is 15.9. The molecule has 0 spiro atoms. The van der Waals surface area contributed by atoms with Crippen LogP contribution in [-0.2, 0) is 4.74 Å². The van der Waals surface area contributed by atoms with Gasteiger partial charge in [0.2, 0.25) is 0 Å². The number of carbonyl (C=O) groups excluding carboxylic acids is 1. The third kappa shape index (κ3) is 4.17. The summed E-state index contributed by atoms with van der Waals surface area (Å²) in [5, 5.41) is 3.85. The second-order valence-electron chi connectivity index (χ2n) is 8.52. The zero-order valence-corrected chi connectivity index (χ0v) is 15.9. The van der Waals surface area contributed by atoms with Gasteiger partial charge in [0.1, 0.15) is 5.75 Å². The van der Waals surface area contributed by atoms with E-state index in [-0.39, 0.29) is 5.97 Å². The smallest absolute Gasteiger partial charge is 0.337 e. The molecule has 1 atom stereocenters. The Morgan fingerprint density at radius 2 is 1.88 bits per heavy atom. The van der Waals surface area contributed by atoms with Gasteiger partial charge in [-0.3, -0.25) is 0 Å². The maximum Gasteiger partial charge on any atom is 0.337 e. The number of ether oxygens (including phenoxy) is 2. The van der Waals surface area contributed by atoms with Crippen molar-refractivity contribution in [2.45, 2.75) is 65.0 Å². The topological polar surface area (TPSA) is 47.6 Å². The second-order valence-corrected chi connectivity index (χ2v) is 8.52. The molecule has 0 bridgehead atoms. The molecule has 2 aliphatic rings. The van der Waals surface area contributed by atoms with Crippen LogP contribution in [0, 0.1) is 11.3 Å². The fourth-order valence-corrected chi connectivity index (χ4v) is 4.22. The molecular weight excluding hydrogens is 314 g/mol. The van der Waals surface area contributed by atoms with E-state index in [1.54, 1.807) is 0 Å². The quantitative estimate of drug-likeness (QED) is 0.820. The van der Waals surface area contributed by atoms with Gasteiger partial charge in [-0.25, -0.2) is 4.79 Å². The zero-order chi connectivity index (χ0) is 18.0. The Balaban J connectivity index is 1.65. The molecular formula is C21H31NO3. The van der Waals surface area contributed by atoms with E-state index in [0.29, 0.717) is 29.7 Å². The van der Waals surface area contributed by atoms with Crippen LogP contribution in [-0.4, -0.2) is 25.7 Å². The fourth-order valence-electron chi connectivity index (χ4n) is 4.22. The molecule has 0 radical (unpaired) electrons. The van der Waals surface area contributed by atoms with Gasteiger partial charge in [0.25, 0.3) is 0 Å². The Hall–Kier alpha value is -1.55. The maximum atomic E-state index is 11.7. The van der Waals surface area contributed by atoms with Crippen LogP contribution >= 0.6 is 0 Å². The average molecular weight is 345 g/mol. The van der Waals surface area contributed by atoms with Gasteiger partial charge < -0.3 is 14.8 Å².